The molecule has 5 aromatic rings. The van der Waals surface area contributed by atoms with Gasteiger partial charge in [0.1, 0.15) is 12.4 Å². The van der Waals surface area contributed by atoms with Crippen molar-refractivity contribution in [1.82, 2.24) is 24.3 Å². The molecule has 0 aliphatic carbocycles. The minimum Gasteiger partial charge on any atom is -0.475 e. The number of imidazole rings is 1. The van der Waals surface area contributed by atoms with Crippen LogP contribution in [-0.4, -0.2) is 41.5 Å². The highest BCUT2D eigenvalue weighted by atomic mass is 19.4. The second-order valence-electron chi connectivity index (χ2n) is 7.94. The maximum Gasteiger partial charge on any atom is 0.490 e. The number of para-hydroxylation sites is 1. The van der Waals surface area contributed by atoms with Gasteiger partial charge in [-0.05, 0) is 30.7 Å². The topological polar surface area (TPSA) is 116 Å². The van der Waals surface area contributed by atoms with E-state index in [1.807, 2.05) is 54.1 Å². The number of benzene rings is 2. The highest BCUT2D eigenvalue weighted by Crippen LogP contribution is 2.19. The summed E-state index contributed by atoms with van der Waals surface area (Å²) in [6, 6.07) is 17.1. The van der Waals surface area contributed by atoms with Crippen LogP contribution in [-0.2, 0) is 17.9 Å². The molecule has 0 saturated carbocycles. The summed E-state index contributed by atoms with van der Waals surface area (Å²) in [4.78, 5) is 29.8. The summed E-state index contributed by atoms with van der Waals surface area (Å²) < 4.78 is 41.3. The lowest BCUT2D eigenvalue weighted by Gasteiger charge is -2.07. The minimum atomic E-state index is -5.08. The van der Waals surface area contributed by atoms with E-state index < -0.39 is 12.1 Å². The van der Waals surface area contributed by atoms with E-state index >= 15 is 0 Å². The quantitative estimate of drug-likeness (QED) is 0.374. The lowest BCUT2D eigenvalue weighted by molar-refractivity contribution is -0.192. The predicted molar refractivity (Wildman–Crippen MR) is 127 cm³/mol. The summed E-state index contributed by atoms with van der Waals surface area (Å²) >= 11 is 0. The normalized spacial score (nSPS) is 11.2. The molecular formula is C25H20F3N5O4. The average Bonchev–Trinajstić information content (AvgIpc) is 3.50. The predicted octanol–water partition coefficient (Wildman–Crippen LogP) is 4.29. The third-order valence-electron chi connectivity index (χ3n) is 5.36. The first kappa shape index (κ1) is 25.4. The van der Waals surface area contributed by atoms with Crippen molar-refractivity contribution in [2.24, 2.45) is 0 Å². The molecule has 9 nitrogen and oxygen atoms in total. The molecular weight excluding hydrogens is 491 g/mol. The number of aryl methyl sites for hydroxylation is 1. The molecule has 190 valence electrons. The fourth-order valence-corrected chi connectivity index (χ4v) is 3.56. The lowest BCUT2D eigenvalue weighted by Crippen LogP contribution is -2.21. The SMILES string of the molecule is Cc1nccn1Cc1cccc(-c2noc(Cn3ccc(=O)c4ccccc43)n2)c1.O=C(O)C(F)(F)F. The Morgan fingerprint density at radius 1 is 1.03 bits per heavy atom. The van der Waals surface area contributed by atoms with Gasteiger partial charge >= 0.3 is 12.1 Å². The third-order valence-corrected chi connectivity index (χ3v) is 5.36. The van der Waals surface area contributed by atoms with Gasteiger partial charge in [0.25, 0.3) is 0 Å². The van der Waals surface area contributed by atoms with Crippen LogP contribution in [0.15, 0.2) is 82.5 Å². The zero-order chi connectivity index (χ0) is 26.6. The molecule has 2 aromatic carbocycles. The molecule has 0 bridgehead atoms. The van der Waals surface area contributed by atoms with Crippen LogP contribution in [0.5, 0.6) is 0 Å². The fraction of sp³-hybridized carbons (Fsp3) is 0.160. The van der Waals surface area contributed by atoms with Crippen molar-refractivity contribution < 1.29 is 27.6 Å². The number of carboxylic acids is 1. The van der Waals surface area contributed by atoms with Gasteiger partial charge in [0, 0.05) is 42.2 Å². The van der Waals surface area contributed by atoms with Gasteiger partial charge in [-0.1, -0.05) is 35.5 Å². The van der Waals surface area contributed by atoms with Gasteiger partial charge in [-0.2, -0.15) is 18.2 Å². The van der Waals surface area contributed by atoms with Gasteiger partial charge < -0.3 is 18.8 Å². The molecule has 0 aliphatic heterocycles. The number of hydrogen-bond donors (Lipinski definition) is 1. The molecule has 1 N–H and O–H groups in total. The molecule has 12 heteroatoms. The number of rotatable bonds is 5. The molecule has 0 spiro atoms. The highest BCUT2D eigenvalue weighted by molar-refractivity contribution is 5.78. The third kappa shape index (κ3) is 6.10. The average molecular weight is 511 g/mol. The van der Waals surface area contributed by atoms with Gasteiger partial charge in [0.2, 0.25) is 11.7 Å². The van der Waals surface area contributed by atoms with Gasteiger partial charge in [-0.3, -0.25) is 4.79 Å². The molecule has 0 unspecified atom stereocenters. The second-order valence-corrected chi connectivity index (χ2v) is 7.94. The molecule has 0 aliphatic rings. The van der Waals surface area contributed by atoms with Crippen molar-refractivity contribution in [2.75, 3.05) is 0 Å². The summed E-state index contributed by atoms with van der Waals surface area (Å²) in [5.41, 5.74) is 2.86. The number of nitrogens with zero attached hydrogens (tertiary/aromatic N) is 5. The van der Waals surface area contributed by atoms with Crippen molar-refractivity contribution in [3.63, 3.8) is 0 Å². The Bertz CT molecular complexity index is 1600. The van der Waals surface area contributed by atoms with Crippen LogP contribution in [0.25, 0.3) is 22.3 Å². The highest BCUT2D eigenvalue weighted by Gasteiger charge is 2.38. The summed E-state index contributed by atoms with van der Waals surface area (Å²) in [5, 5.41) is 11.9. The molecule has 0 atom stereocenters. The van der Waals surface area contributed by atoms with Crippen LogP contribution >= 0.6 is 0 Å². The fourth-order valence-electron chi connectivity index (χ4n) is 3.56. The molecule has 0 fully saturated rings. The van der Waals surface area contributed by atoms with Crippen molar-refractivity contribution in [1.29, 1.82) is 0 Å². The van der Waals surface area contributed by atoms with Crippen LogP contribution in [0.3, 0.4) is 0 Å². The molecule has 3 heterocycles. The zero-order valence-corrected chi connectivity index (χ0v) is 19.4. The minimum absolute atomic E-state index is 0.00184. The Morgan fingerprint density at radius 3 is 2.49 bits per heavy atom. The van der Waals surface area contributed by atoms with E-state index in [4.69, 9.17) is 14.4 Å². The van der Waals surface area contributed by atoms with Crippen LogP contribution in [0.1, 0.15) is 17.3 Å². The summed E-state index contributed by atoms with van der Waals surface area (Å²) in [7, 11) is 0. The van der Waals surface area contributed by atoms with Gasteiger partial charge in [0.15, 0.2) is 5.43 Å². The number of alkyl halides is 3. The maximum absolute atomic E-state index is 12.1. The first-order valence-electron chi connectivity index (χ1n) is 10.9. The van der Waals surface area contributed by atoms with Crippen molar-refractivity contribution in [3.8, 4) is 11.4 Å². The molecule has 3 aromatic heterocycles. The first-order chi connectivity index (χ1) is 17.6. The van der Waals surface area contributed by atoms with E-state index in [1.54, 1.807) is 18.5 Å². The largest absolute Gasteiger partial charge is 0.490 e. The van der Waals surface area contributed by atoms with Crippen LogP contribution in [0.4, 0.5) is 13.2 Å². The second kappa shape index (κ2) is 10.5. The van der Waals surface area contributed by atoms with Crippen LogP contribution in [0.2, 0.25) is 0 Å². The number of carbonyl (C=O) groups is 1. The summed E-state index contributed by atoms with van der Waals surface area (Å²) in [5.74, 6) is -0.766. The molecule has 5 rings (SSSR count). The molecule has 0 saturated heterocycles. The van der Waals surface area contributed by atoms with Gasteiger partial charge in [-0.25, -0.2) is 9.78 Å². The standard InChI is InChI=1S/C23H19N5O2.C2HF3O2/c1-16-24-10-12-27(16)14-17-5-4-6-18(13-17)23-25-22(30-26-23)15-28-11-9-21(29)19-7-2-3-8-20(19)28;3-2(4,5)1(6)7/h2-13H,14-15H2,1H3;(H,6,7). The lowest BCUT2D eigenvalue weighted by atomic mass is 10.1. The van der Waals surface area contributed by atoms with E-state index in [0.29, 0.717) is 23.6 Å². The van der Waals surface area contributed by atoms with Gasteiger partial charge in [0.05, 0.1) is 5.52 Å². The maximum atomic E-state index is 12.1. The number of pyridine rings is 1. The summed E-state index contributed by atoms with van der Waals surface area (Å²) in [6.45, 7) is 3.10. The number of hydrogen-bond acceptors (Lipinski definition) is 6. The zero-order valence-electron chi connectivity index (χ0n) is 19.4. The van der Waals surface area contributed by atoms with Crippen molar-refractivity contribution in [2.45, 2.75) is 26.2 Å². The Balaban J connectivity index is 0.000000405. The number of aromatic nitrogens is 5. The van der Waals surface area contributed by atoms with E-state index in [1.165, 1.54) is 0 Å². The number of fused-ring (bicyclic) bond motifs is 1. The summed E-state index contributed by atoms with van der Waals surface area (Å²) in [6.07, 6.45) is 0.428. The molecule has 0 amide bonds. The first-order valence-corrected chi connectivity index (χ1v) is 10.9. The molecule has 37 heavy (non-hydrogen) atoms. The van der Waals surface area contributed by atoms with Crippen molar-refractivity contribution >= 4 is 16.9 Å². The monoisotopic (exact) mass is 511 g/mol. The number of carboxylic acid groups (broad SMARTS) is 1. The van der Waals surface area contributed by atoms with E-state index in [9.17, 15) is 18.0 Å². The Labute approximate surface area is 207 Å². The van der Waals surface area contributed by atoms with Crippen LogP contribution < -0.4 is 5.43 Å². The van der Waals surface area contributed by atoms with Gasteiger partial charge in [-0.15, -0.1) is 0 Å². The Hall–Kier alpha value is -4.74. The van der Waals surface area contributed by atoms with Crippen molar-refractivity contribution in [3.05, 3.63) is 101 Å². The number of aliphatic carboxylic acids is 1. The smallest absolute Gasteiger partial charge is 0.475 e. The number of halogens is 3. The Morgan fingerprint density at radius 2 is 1.78 bits per heavy atom. The van der Waals surface area contributed by atoms with E-state index in [0.717, 1.165) is 29.0 Å². The molecule has 0 radical (unpaired) electrons. The van der Waals surface area contributed by atoms with E-state index in [-0.39, 0.29) is 5.43 Å². The van der Waals surface area contributed by atoms with E-state index in [2.05, 4.69) is 31.8 Å². The Kier molecular flexibility index (Phi) is 7.18. The van der Waals surface area contributed by atoms with Crippen LogP contribution in [0, 0.1) is 6.92 Å².